The van der Waals surface area contributed by atoms with Gasteiger partial charge in [-0.2, -0.15) is 4.98 Å². The van der Waals surface area contributed by atoms with Crippen LogP contribution in [0.1, 0.15) is 122 Å². The van der Waals surface area contributed by atoms with Crippen LogP contribution in [0.2, 0.25) is 0 Å². The van der Waals surface area contributed by atoms with Gasteiger partial charge < -0.3 is 9.84 Å². The number of amides is 2. The summed E-state index contributed by atoms with van der Waals surface area (Å²) in [6.45, 7) is 5.24. The molecular weight excluding hydrogens is 434 g/mol. The summed E-state index contributed by atoms with van der Waals surface area (Å²) in [6, 6.07) is -0.229. The highest BCUT2D eigenvalue weighted by Gasteiger charge is 2.12. The highest BCUT2D eigenvalue weighted by atomic mass is 17.1. The van der Waals surface area contributed by atoms with Gasteiger partial charge >= 0.3 is 12.0 Å². The molecule has 1 rings (SSSR count). The van der Waals surface area contributed by atoms with E-state index in [1.807, 2.05) is 0 Å². The van der Waals surface area contributed by atoms with E-state index in [4.69, 9.17) is 9.78 Å². The van der Waals surface area contributed by atoms with Crippen molar-refractivity contribution >= 4 is 12.0 Å². The molecule has 4 N–H and O–H groups in total. The molecular formula is C25H49N5O4. The maximum Gasteiger partial charge on any atom is 0.340 e. The summed E-state index contributed by atoms with van der Waals surface area (Å²) in [5, 5.41) is 15.1. The van der Waals surface area contributed by atoms with Crippen molar-refractivity contribution in [2.75, 3.05) is 18.6 Å². The standard InChI is InChI=1S/C25H49N5O4/c1-3-5-7-9-11-12-14-16-18-22(17-15-13-10-8-6-4-2)21-26-24(31)28-29-25-27-23(30-34-25)19-20-33-32/h22,32H,3-21H2,1-2H3,(H2,26,28,31)(H,27,29,30). The van der Waals surface area contributed by atoms with Gasteiger partial charge in [-0.15, -0.1) is 0 Å². The van der Waals surface area contributed by atoms with Crippen LogP contribution in [0.4, 0.5) is 10.8 Å². The van der Waals surface area contributed by atoms with E-state index in [0.29, 0.717) is 24.7 Å². The average molecular weight is 484 g/mol. The Morgan fingerprint density at radius 1 is 0.912 bits per heavy atom. The average Bonchev–Trinajstić information content (AvgIpc) is 3.30. The van der Waals surface area contributed by atoms with Crippen LogP contribution in [0, 0.1) is 5.92 Å². The van der Waals surface area contributed by atoms with Crippen LogP contribution in [0.25, 0.3) is 0 Å². The Bertz CT molecular complexity index is 600. The Kier molecular flexibility index (Phi) is 19.2. The normalized spacial score (nSPS) is 12.0. The van der Waals surface area contributed by atoms with Crippen LogP contribution in [-0.4, -0.2) is 34.6 Å². The van der Waals surface area contributed by atoms with Crippen LogP contribution in [0.5, 0.6) is 0 Å². The molecule has 0 bridgehead atoms. The number of carbonyl (C=O) groups is 1. The number of unbranched alkanes of at least 4 members (excludes halogenated alkanes) is 12. The first-order chi connectivity index (χ1) is 16.7. The second kappa shape index (κ2) is 21.6. The molecule has 9 nitrogen and oxygen atoms in total. The molecule has 0 aliphatic rings. The van der Waals surface area contributed by atoms with Crippen LogP contribution in [-0.2, 0) is 11.3 Å². The largest absolute Gasteiger partial charge is 0.340 e. The molecule has 0 aliphatic heterocycles. The Morgan fingerprint density at radius 2 is 1.47 bits per heavy atom. The van der Waals surface area contributed by atoms with Crippen LogP contribution < -0.4 is 16.2 Å². The third-order valence-electron chi connectivity index (χ3n) is 6.15. The van der Waals surface area contributed by atoms with Crippen LogP contribution >= 0.6 is 0 Å². The Labute approximate surface area is 206 Å². The SMILES string of the molecule is CCCCCCCCCCC(CCCCCCCC)CNC(=O)NNc1nc(CCOO)no1. The lowest BCUT2D eigenvalue weighted by Crippen LogP contribution is -2.41. The van der Waals surface area contributed by atoms with Crippen molar-refractivity contribution in [2.24, 2.45) is 5.92 Å². The van der Waals surface area contributed by atoms with Gasteiger partial charge in [0.05, 0.1) is 6.61 Å². The van der Waals surface area contributed by atoms with Gasteiger partial charge in [0.25, 0.3) is 0 Å². The van der Waals surface area contributed by atoms with Crippen molar-refractivity contribution in [3.8, 4) is 0 Å². The van der Waals surface area contributed by atoms with Crippen LogP contribution in [0.15, 0.2) is 4.52 Å². The van der Waals surface area contributed by atoms with Crippen molar-refractivity contribution in [2.45, 2.75) is 123 Å². The maximum absolute atomic E-state index is 12.2. The molecule has 198 valence electrons. The highest BCUT2D eigenvalue weighted by Crippen LogP contribution is 2.19. The first-order valence-electron chi connectivity index (χ1n) is 13.6. The van der Waals surface area contributed by atoms with Gasteiger partial charge in [-0.1, -0.05) is 109 Å². The molecule has 0 saturated carbocycles. The minimum absolute atomic E-state index is 0.0751. The van der Waals surface area contributed by atoms with E-state index in [-0.39, 0.29) is 18.7 Å². The lowest BCUT2D eigenvalue weighted by atomic mass is 9.94. The monoisotopic (exact) mass is 483 g/mol. The summed E-state index contributed by atoms with van der Waals surface area (Å²) in [7, 11) is 0. The zero-order chi connectivity index (χ0) is 24.7. The lowest BCUT2D eigenvalue weighted by molar-refractivity contribution is -0.241. The molecule has 1 atom stereocenters. The maximum atomic E-state index is 12.2. The molecule has 2 amide bonds. The van der Waals surface area contributed by atoms with Gasteiger partial charge in [-0.3, -0.25) is 5.26 Å². The predicted octanol–water partition coefficient (Wildman–Crippen LogP) is 6.63. The van der Waals surface area contributed by atoms with Gasteiger partial charge in [-0.05, 0) is 18.8 Å². The van der Waals surface area contributed by atoms with Crippen LogP contribution in [0.3, 0.4) is 0 Å². The number of urea groups is 1. The molecule has 0 spiro atoms. The number of anilines is 1. The number of aromatic nitrogens is 2. The first kappa shape index (κ1) is 30.2. The Morgan fingerprint density at radius 3 is 2.03 bits per heavy atom. The van der Waals surface area contributed by atoms with Crippen molar-refractivity contribution in [1.82, 2.24) is 20.9 Å². The first-order valence-corrected chi connectivity index (χ1v) is 13.6. The zero-order valence-electron chi connectivity index (χ0n) is 21.6. The number of hydrogen-bond donors (Lipinski definition) is 4. The minimum Gasteiger partial charge on any atom is -0.336 e. The Balaban J connectivity index is 2.28. The van der Waals surface area contributed by atoms with Crippen molar-refractivity contribution in [3.05, 3.63) is 5.82 Å². The van der Waals surface area contributed by atoms with E-state index in [1.165, 1.54) is 89.9 Å². The summed E-state index contributed by atoms with van der Waals surface area (Å²) in [5.41, 5.74) is 5.15. The number of nitrogens with one attached hydrogen (secondary N) is 3. The minimum atomic E-state index is -0.317. The zero-order valence-corrected chi connectivity index (χ0v) is 21.6. The van der Waals surface area contributed by atoms with E-state index in [9.17, 15) is 4.79 Å². The topological polar surface area (TPSA) is 122 Å². The molecule has 1 unspecified atom stereocenters. The molecule has 1 aromatic heterocycles. The number of carbonyl (C=O) groups excluding carboxylic acids is 1. The Hall–Kier alpha value is -1.87. The van der Waals surface area contributed by atoms with E-state index in [0.717, 1.165) is 12.8 Å². The quantitative estimate of drug-likeness (QED) is 0.0783. The molecule has 0 radical (unpaired) electrons. The fraction of sp³-hybridized carbons (Fsp3) is 0.880. The van der Waals surface area contributed by atoms with Gasteiger partial charge in [0.15, 0.2) is 5.82 Å². The fourth-order valence-corrected chi connectivity index (χ4v) is 4.06. The second-order valence-corrected chi connectivity index (χ2v) is 9.25. The fourth-order valence-electron chi connectivity index (χ4n) is 4.06. The smallest absolute Gasteiger partial charge is 0.336 e. The number of hydrogen-bond acceptors (Lipinski definition) is 7. The summed E-state index contributed by atoms with van der Waals surface area (Å²) in [5.74, 6) is 0.883. The molecule has 0 aliphatic carbocycles. The van der Waals surface area contributed by atoms with Gasteiger partial charge in [0.1, 0.15) is 0 Å². The van der Waals surface area contributed by atoms with E-state index < -0.39 is 0 Å². The van der Waals surface area contributed by atoms with E-state index in [2.05, 4.69) is 45.0 Å². The summed E-state index contributed by atoms with van der Waals surface area (Å²) in [4.78, 5) is 20.3. The highest BCUT2D eigenvalue weighted by molar-refractivity contribution is 5.74. The molecule has 9 heteroatoms. The van der Waals surface area contributed by atoms with Crippen molar-refractivity contribution in [1.29, 1.82) is 0 Å². The lowest BCUT2D eigenvalue weighted by Gasteiger charge is -2.18. The third-order valence-corrected chi connectivity index (χ3v) is 6.15. The third kappa shape index (κ3) is 16.7. The molecule has 0 saturated heterocycles. The van der Waals surface area contributed by atoms with E-state index in [1.54, 1.807) is 0 Å². The summed E-state index contributed by atoms with van der Waals surface area (Å²) < 4.78 is 4.99. The molecule has 1 aromatic rings. The van der Waals surface area contributed by atoms with Crippen molar-refractivity contribution < 1.29 is 19.5 Å². The van der Waals surface area contributed by atoms with Crippen molar-refractivity contribution in [3.63, 3.8) is 0 Å². The number of rotatable bonds is 23. The van der Waals surface area contributed by atoms with E-state index >= 15 is 0 Å². The molecule has 0 fully saturated rings. The van der Waals surface area contributed by atoms with Gasteiger partial charge in [-0.25, -0.2) is 20.5 Å². The number of nitrogens with zero attached hydrogens (tertiary/aromatic N) is 2. The molecule has 0 aromatic carbocycles. The molecule has 34 heavy (non-hydrogen) atoms. The summed E-state index contributed by atoms with van der Waals surface area (Å²) in [6.07, 6.45) is 21.0. The predicted molar refractivity (Wildman–Crippen MR) is 135 cm³/mol. The van der Waals surface area contributed by atoms with Gasteiger partial charge in [0.2, 0.25) is 0 Å². The number of hydrazine groups is 1. The summed E-state index contributed by atoms with van der Waals surface area (Å²) >= 11 is 0. The second-order valence-electron chi connectivity index (χ2n) is 9.25. The van der Waals surface area contributed by atoms with Gasteiger partial charge in [0, 0.05) is 13.0 Å². The molecule has 1 heterocycles.